The first-order valence-electron chi connectivity index (χ1n) is 6.11. The quantitative estimate of drug-likeness (QED) is 0.878. The van der Waals surface area contributed by atoms with Crippen LogP contribution in [0.25, 0.3) is 0 Å². The molecule has 2 atom stereocenters. The second-order valence-corrected chi connectivity index (χ2v) is 4.27. The first kappa shape index (κ1) is 12.8. The summed E-state index contributed by atoms with van der Waals surface area (Å²) >= 11 is 0. The van der Waals surface area contributed by atoms with E-state index in [2.05, 4.69) is 17.2 Å². The molecule has 4 heteroatoms. The fourth-order valence-electron chi connectivity index (χ4n) is 1.93. The number of nitrogens with one attached hydrogen (secondary N) is 1. The summed E-state index contributed by atoms with van der Waals surface area (Å²) < 4.78 is 18.2. The van der Waals surface area contributed by atoms with Crippen LogP contribution >= 0.6 is 0 Å². The summed E-state index contributed by atoms with van der Waals surface area (Å²) in [6.07, 6.45) is 3.78. The van der Waals surface area contributed by atoms with Crippen LogP contribution in [0.5, 0.6) is 0 Å². The number of rotatable bonds is 5. The Hall–Kier alpha value is -1.68. The van der Waals surface area contributed by atoms with Gasteiger partial charge in [0.15, 0.2) is 0 Å². The molecule has 18 heavy (non-hydrogen) atoms. The van der Waals surface area contributed by atoms with Crippen LogP contribution in [-0.2, 0) is 0 Å². The number of aromatic nitrogens is 1. The molecule has 1 N–H and O–H groups in total. The van der Waals surface area contributed by atoms with Crippen LogP contribution < -0.4 is 5.32 Å². The lowest BCUT2D eigenvalue weighted by molar-refractivity contribution is 0.382. The second-order valence-electron chi connectivity index (χ2n) is 4.27. The van der Waals surface area contributed by atoms with Gasteiger partial charge in [0, 0.05) is 6.04 Å². The van der Waals surface area contributed by atoms with Crippen LogP contribution in [0, 0.1) is 5.82 Å². The average molecular weight is 248 g/mol. The van der Waals surface area contributed by atoms with E-state index in [1.807, 2.05) is 19.1 Å². The molecule has 3 nitrogen and oxygen atoms in total. The number of hydrogen-bond acceptors (Lipinski definition) is 3. The maximum absolute atomic E-state index is 12.8. The highest BCUT2D eigenvalue weighted by Gasteiger charge is 2.16. The van der Waals surface area contributed by atoms with E-state index in [1.165, 1.54) is 12.3 Å². The smallest absolute Gasteiger partial charge is 0.141 e. The Morgan fingerprint density at radius 1 is 1.39 bits per heavy atom. The molecule has 0 saturated carbocycles. The van der Waals surface area contributed by atoms with Gasteiger partial charge in [0.25, 0.3) is 0 Å². The summed E-state index contributed by atoms with van der Waals surface area (Å²) in [6, 6.07) is 7.13. The van der Waals surface area contributed by atoms with Crippen molar-refractivity contribution in [1.82, 2.24) is 10.3 Å². The van der Waals surface area contributed by atoms with Crippen molar-refractivity contribution in [2.45, 2.75) is 32.4 Å². The maximum atomic E-state index is 12.8. The molecule has 2 aromatic rings. The van der Waals surface area contributed by atoms with Crippen molar-refractivity contribution < 1.29 is 8.81 Å². The minimum absolute atomic E-state index is 0.0886. The summed E-state index contributed by atoms with van der Waals surface area (Å²) in [5.74, 6) is 0.572. The number of furan rings is 1. The zero-order valence-corrected chi connectivity index (χ0v) is 10.6. The van der Waals surface area contributed by atoms with Crippen molar-refractivity contribution in [1.29, 1.82) is 0 Å². The predicted octanol–water partition coefficient (Wildman–Crippen LogP) is 3.62. The van der Waals surface area contributed by atoms with Crippen LogP contribution in [-0.4, -0.2) is 4.98 Å². The Labute approximate surface area is 106 Å². The third-order valence-electron chi connectivity index (χ3n) is 2.94. The van der Waals surface area contributed by atoms with Crippen molar-refractivity contribution in [3.63, 3.8) is 0 Å². The Balaban J connectivity index is 2.07. The normalized spacial score (nSPS) is 14.4. The fraction of sp³-hybridized carbons (Fsp3) is 0.357. The van der Waals surface area contributed by atoms with Gasteiger partial charge in [0.1, 0.15) is 11.6 Å². The van der Waals surface area contributed by atoms with Gasteiger partial charge in [-0.25, -0.2) is 4.39 Å². The maximum Gasteiger partial charge on any atom is 0.141 e. The summed E-state index contributed by atoms with van der Waals surface area (Å²) in [5, 5.41) is 3.43. The number of nitrogens with zero attached hydrogens (tertiary/aromatic N) is 1. The van der Waals surface area contributed by atoms with Gasteiger partial charge in [-0.15, -0.1) is 0 Å². The Bertz CT molecular complexity index is 467. The summed E-state index contributed by atoms with van der Waals surface area (Å²) in [4.78, 5) is 4.12. The van der Waals surface area contributed by atoms with Crippen molar-refractivity contribution in [3.05, 3.63) is 54.0 Å². The lowest BCUT2D eigenvalue weighted by Crippen LogP contribution is -2.24. The summed E-state index contributed by atoms with van der Waals surface area (Å²) in [5.41, 5.74) is 0.845. The van der Waals surface area contributed by atoms with Crippen molar-refractivity contribution in [2.75, 3.05) is 0 Å². The molecule has 0 bridgehead atoms. The summed E-state index contributed by atoms with van der Waals surface area (Å²) in [7, 11) is 0. The van der Waals surface area contributed by atoms with Crippen LogP contribution in [0.2, 0.25) is 0 Å². The number of pyridine rings is 1. The zero-order valence-electron chi connectivity index (χ0n) is 10.6. The van der Waals surface area contributed by atoms with Gasteiger partial charge in [-0.2, -0.15) is 0 Å². The molecule has 2 rings (SSSR count). The van der Waals surface area contributed by atoms with E-state index in [4.69, 9.17) is 4.42 Å². The lowest BCUT2D eigenvalue weighted by Gasteiger charge is -2.20. The topological polar surface area (TPSA) is 38.1 Å². The minimum Gasteiger partial charge on any atom is -0.468 e. The van der Waals surface area contributed by atoms with E-state index in [-0.39, 0.29) is 17.9 Å². The van der Waals surface area contributed by atoms with Crippen LogP contribution in [0.1, 0.15) is 43.8 Å². The van der Waals surface area contributed by atoms with Gasteiger partial charge in [0.2, 0.25) is 0 Å². The van der Waals surface area contributed by atoms with E-state index in [9.17, 15) is 4.39 Å². The summed E-state index contributed by atoms with van der Waals surface area (Å²) in [6.45, 7) is 4.10. The fourth-order valence-corrected chi connectivity index (χ4v) is 1.93. The molecule has 0 aliphatic carbocycles. The highest BCUT2D eigenvalue weighted by atomic mass is 19.1. The third-order valence-corrected chi connectivity index (χ3v) is 2.94. The van der Waals surface area contributed by atoms with E-state index in [1.54, 1.807) is 12.3 Å². The van der Waals surface area contributed by atoms with Gasteiger partial charge in [0.05, 0.1) is 24.2 Å². The monoisotopic (exact) mass is 248 g/mol. The highest BCUT2D eigenvalue weighted by Crippen LogP contribution is 2.21. The molecular weight excluding hydrogens is 231 g/mol. The first-order valence-corrected chi connectivity index (χ1v) is 6.11. The molecule has 0 radical (unpaired) electrons. The lowest BCUT2D eigenvalue weighted by atomic mass is 10.1. The molecule has 2 heterocycles. The van der Waals surface area contributed by atoms with Crippen LogP contribution in [0.15, 0.2) is 41.1 Å². The van der Waals surface area contributed by atoms with Crippen molar-refractivity contribution in [3.8, 4) is 0 Å². The van der Waals surface area contributed by atoms with Gasteiger partial charge in [-0.3, -0.25) is 10.3 Å². The molecule has 0 aromatic carbocycles. The van der Waals surface area contributed by atoms with Crippen LogP contribution in [0.4, 0.5) is 4.39 Å². The van der Waals surface area contributed by atoms with Crippen molar-refractivity contribution in [2.24, 2.45) is 0 Å². The van der Waals surface area contributed by atoms with Crippen LogP contribution in [0.3, 0.4) is 0 Å². The Kier molecular flexibility index (Phi) is 4.10. The molecular formula is C14H17FN2O. The molecule has 0 aliphatic heterocycles. The number of hydrogen-bond donors (Lipinski definition) is 1. The molecule has 0 amide bonds. The van der Waals surface area contributed by atoms with Crippen molar-refractivity contribution >= 4 is 0 Å². The highest BCUT2D eigenvalue weighted by molar-refractivity contribution is 5.11. The van der Waals surface area contributed by atoms with E-state index in [0.717, 1.165) is 17.9 Å². The van der Waals surface area contributed by atoms with Gasteiger partial charge < -0.3 is 4.42 Å². The van der Waals surface area contributed by atoms with Gasteiger partial charge >= 0.3 is 0 Å². The molecule has 0 fully saturated rings. The van der Waals surface area contributed by atoms with E-state index in [0.29, 0.717) is 0 Å². The standard InChI is InChI=1S/C14H17FN2O/c1-3-12(13-7-6-11(15)9-16-13)17-10(2)14-5-4-8-18-14/h4-10,12,17H,3H2,1-2H3/t10-,12?/m1/s1. The van der Waals surface area contributed by atoms with E-state index < -0.39 is 0 Å². The molecule has 96 valence electrons. The average Bonchev–Trinajstić information content (AvgIpc) is 2.91. The third kappa shape index (κ3) is 2.96. The molecule has 2 aromatic heterocycles. The van der Waals surface area contributed by atoms with E-state index >= 15 is 0 Å². The largest absolute Gasteiger partial charge is 0.468 e. The zero-order chi connectivity index (χ0) is 13.0. The second kappa shape index (κ2) is 5.78. The predicted molar refractivity (Wildman–Crippen MR) is 67.5 cm³/mol. The Morgan fingerprint density at radius 3 is 2.78 bits per heavy atom. The molecule has 1 unspecified atom stereocenters. The number of halogens is 1. The molecule has 0 aliphatic rings. The first-order chi connectivity index (χ1) is 8.70. The minimum atomic E-state index is -0.312. The SMILES string of the molecule is CCC(N[C@H](C)c1ccco1)c1ccc(F)cn1. The molecule has 0 spiro atoms. The Morgan fingerprint density at radius 2 is 2.22 bits per heavy atom. The van der Waals surface area contributed by atoms with Gasteiger partial charge in [-0.1, -0.05) is 6.92 Å². The van der Waals surface area contributed by atoms with Gasteiger partial charge in [-0.05, 0) is 37.6 Å². The molecule has 0 saturated heterocycles.